The van der Waals surface area contributed by atoms with Crippen molar-refractivity contribution in [1.29, 1.82) is 0 Å². The van der Waals surface area contributed by atoms with Crippen LogP contribution >= 0.6 is 0 Å². The molecule has 0 saturated carbocycles. The van der Waals surface area contributed by atoms with Crippen LogP contribution in [0.1, 0.15) is 48.0 Å². The third-order valence-corrected chi connectivity index (χ3v) is 6.77. The molecule has 2 bridgehead atoms. The van der Waals surface area contributed by atoms with Gasteiger partial charge in [-0.15, -0.1) is 0 Å². The molecule has 3 aromatic rings. The molecule has 2 aliphatic rings. The lowest BCUT2D eigenvalue weighted by Crippen LogP contribution is -2.44. The Morgan fingerprint density at radius 3 is 2.54 bits per heavy atom. The Bertz CT molecular complexity index is 963. The molecule has 2 unspecified atom stereocenters. The Hall–Kier alpha value is -2.46. The van der Waals surface area contributed by atoms with Crippen LogP contribution in [-0.4, -0.2) is 29.2 Å². The van der Waals surface area contributed by atoms with Gasteiger partial charge < -0.3 is 4.52 Å². The van der Waals surface area contributed by atoms with E-state index in [0.29, 0.717) is 18.0 Å². The average molecular weight is 376 g/mol. The fourth-order valence-electron chi connectivity index (χ4n) is 5.21. The van der Waals surface area contributed by atoms with Gasteiger partial charge in [0.25, 0.3) is 0 Å². The molecule has 144 valence electrons. The van der Waals surface area contributed by atoms with Crippen molar-refractivity contribution in [3.63, 3.8) is 0 Å². The van der Waals surface area contributed by atoms with Gasteiger partial charge in [0, 0.05) is 29.6 Å². The number of benzene rings is 2. The number of likely N-dealkylation sites (N-methyl/N-ethyl adjacent to an activating group) is 1. The van der Waals surface area contributed by atoms with Gasteiger partial charge in [-0.05, 0) is 69.0 Å². The molecule has 2 saturated heterocycles. The summed E-state index contributed by atoms with van der Waals surface area (Å²) in [6.45, 7) is 2.13. The molecule has 0 amide bonds. The smallest absolute Gasteiger partial charge is 0.142 e. The molecule has 4 atom stereocenters. The maximum atomic E-state index is 13.3. The predicted octanol–water partition coefficient (Wildman–Crippen LogP) is 5.52. The minimum atomic E-state index is -0.238. The summed E-state index contributed by atoms with van der Waals surface area (Å²) in [6, 6.07) is 18.6. The van der Waals surface area contributed by atoms with Gasteiger partial charge in [0.1, 0.15) is 17.3 Å². The van der Waals surface area contributed by atoms with Crippen molar-refractivity contribution in [2.75, 3.05) is 7.05 Å². The fourth-order valence-corrected chi connectivity index (χ4v) is 5.21. The highest BCUT2D eigenvalue weighted by Gasteiger charge is 2.48. The van der Waals surface area contributed by atoms with Gasteiger partial charge >= 0.3 is 0 Å². The molecule has 28 heavy (non-hydrogen) atoms. The van der Waals surface area contributed by atoms with E-state index < -0.39 is 0 Å². The third kappa shape index (κ3) is 2.96. The highest BCUT2D eigenvalue weighted by Crippen LogP contribution is 2.51. The highest BCUT2D eigenvalue weighted by atomic mass is 19.1. The number of aryl methyl sites for hydroxylation is 1. The molecule has 3 nitrogen and oxygen atoms in total. The monoisotopic (exact) mass is 376 g/mol. The number of aromatic nitrogens is 1. The molecule has 0 N–H and O–H groups in total. The molecular formula is C24H25FN2O. The second-order valence-electron chi connectivity index (χ2n) is 8.36. The summed E-state index contributed by atoms with van der Waals surface area (Å²) >= 11 is 0. The van der Waals surface area contributed by atoms with Crippen LogP contribution in [0.4, 0.5) is 4.39 Å². The molecule has 2 aromatic carbocycles. The fraction of sp³-hybridized carbons (Fsp3) is 0.375. The summed E-state index contributed by atoms with van der Waals surface area (Å²) in [6.07, 6.45) is 3.59. The summed E-state index contributed by atoms with van der Waals surface area (Å²) < 4.78 is 19.2. The van der Waals surface area contributed by atoms with Crippen molar-refractivity contribution >= 4 is 0 Å². The molecule has 2 fully saturated rings. The predicted molar refractivity (Wildman–Crippen MR) is 108 cm³/mol. The van der Waals surface area contributed by atoms with Crippen LogP contribution in [0.15, 0.2) is 59.1 Å². The van der Waals surface area contributed by atoms with Gasteiger partial charge in [-0.25, -0.2) is 4.39 Å². The van der Waals surface area contributed by atoms with Crippen molar-refractivity contribution < 1.29 is 8.91 Å². The van der Waals surface area contributed by atoms with E-state index >= 15 is 0 Å². The van der Waals surface area contributed by atoms with Crippen LogP contribution < -0.4 is 0 Å². The standard InChI is InChI=1S/C24H25FN2O/c1-15-3-5-16(6-4-15)20-13-19-11-12-22(27(19)2)24(20)23-14-21(26-28-23)17-7-9-18(25)10-8-17/h3-10,14,19-20,22,24H,11-13H2,1-2H3/t19?,20-,22?,24+/m1/s1. The van der Waals surface area contributed by atoms with E-state index in [1.165, 1.54) is 36.1 Å². The first-order valence-corrected chi connectivity index (χ1v) is 10.1. The van der Waals surface area contributed by atoms with E-state index in [1.54, 1.807) is 12.1 Å². The number of hydrogen-bond acceptors (Lipinski definition) is 3. The minimum absolute atomic E-state index is 0.238. The Morgan fingerprint density at radius 1 is 1.04 bits per heavy atom. The molecule has 0 aliphatic carbocycles. The lowest BCUT2D eigenvalue weighted by molar-refractivity contribution is 0.122. The van der Waals surface area contributed by atoms with Gasteiger partial charge in [0.2, 0.25) is 0 Å². The van der Waals surface area contributed by atoms with Crippen molar-refractivity contribution in [3.8, 4) is 11.3 Å². The van der Waals surface area contributed by atoms with E-state index in [2.05, 4.69) is 54.4 Å². The average Bonchev–Trinajstić information content (AvgIpc) is 3.26. The number of nitrogens with zero attached hydrogens (tertiary/aromatic N) is 2. The van der Waals surface area contributed by atoms with E-state index in [4.69, 9.17) is 4.52 Å². The first kappa shape index (κ1) is 17.6. The molecule has 0 spiro atoms. The Kier molecular flexibility index (Phi) is 4.31. The van der Waals surface area contributed by atoms with Crippen LogP contribution in [0.5, 0.6) is 0 Å². The molecular weight excluding hydrogens is 351 g/mol. The SMILES string of the molecule is Cc1ccc([C@H]2CC3CCC([C@H]2c2cc(-c4ccc(F)cc4)no2)N3C)cc1. The van der Waals surface area contributed by atoms with Crippen molar-refractivity contribution in [3.05, 3.63) is 77.3 Å². The normalized spacial score (nSPS) is 27.2. The zero-order chi connectivity index (χ0) is 19.3. The van der Waals surface area contributed by atoms with Gasteiger partial charge in [-0.1, -0.05) is 35.0 Å². The van der Waals surface area contributed by atoms with Gasteiger partial charge in [0.05, 0.1) is 0 Å². The largest absolute Gasteiger partial charge is 0.360 e. The van der Waals surface area contributed by atoms with Crippen LogP contribution in [0.2, 0.25) is 0 Å². The number of fused-ring (bicyclic) bond motifs is 2. The number of piperidine rings is 1. The van der Waals surface area contributed by atoms with Crippen LogP contribution in [-0.2, 0) is 0 Å². The number of hydrogen-bond donors (Lipinski definition) is 0. The van der Waals surface area contributed by atoms with Crippen molar-refractivity contribution in [1.82, 2.24) is 10.1 Å². The maximum absolute atomic E-state index is 13.3. The summed E-state index contributed by atoms with van der Waals surface area (Å²) in [5.74, 6) is 1.43. The van der Waals surface area contributed by atoms with E-state index in [9.17, 15) is 4.39 Å². The van der Waals surface area contributed by atoms with Crippen molar-refractivity contribution in [2.24, 2.45) is 0 Å². The maximum Gasteiger partial charge on any atom is 0.142 e. The quantitative estimate of drug-likeness (QED) is 0.602. The molecule has 0 radical (unpaired) electrons. The summed E-state index contributed by atoms with van der Waals surface area (Å²) in [7, 11) is 2.25. The van der Waals surface area contributed by atoms with Gasteiger partial charge in [-0.2, -0.15) is 0 Å². The van der Waals surface area contributed by atoms with Crippen LogP contribution in [0, 0.1) is 12.7 Å². The van der Waals surface area contributed by atoms with Crippen LogP contribution in [0.25, 0.3) is 11.3 Å². The first-order chi connectivity index (χ1) is 13.6. The summed E-state index contributed by atoms with van der Waals surface area (Å²) in [4.78, 5) is 2.54. The van der Waals surface area contributed by atoms with Gasteiger partial charge in [-0.3, -0.25) is 4.90 Å². The van der Waals surface area contributed by atoms with E-state index in [0.717, 1.165) is 23.4 Å². The highest BCUT2D eigenvalue weighted by molar-refractivity contribution is 5.59. The van der Waals surface area contributed by atoms with E-state index in [1.807, 2.05) is 0 Å². The summed E-state index contributed by atoms with van der Waals surface area (Å²) in [5, 5.41) is 4.32. The third-order valence-electron chi connectivity index (χ3n) is 6.77. The first-order valence-electron chi connectivity index (χ1n) is 10.1. The lowest BCUT2D eigenvalue weighted by atomic mass is 9.74. The van der Waals surface area contributed by atoms with E-state index in [-0.39, 0.29) is 11.7 Å². The lowest BCUT2D eigenvalue weighted by Gasteiger charge is -2.42. The molecule has 5 rings (SSSR count). The molecule has 1 aromatic heterocycles. The number of rotatable bonds is 3. The zero-order valence-corrected chi connectivity index (χ0v) is 16.3. The van der Waals surface area contributed by atoms with Crippen molar-refractivity contribution in [2.45, 2.75) is 50.1 Å². The minimum Gasteiger partial charge on any atom is -0.360 e. The topological polar surface area (TPSA) is 29.3 Å². The molecule has 3 heterocycles. The second kappa shape index (κ2) is 6.85. The molecule has 4 heteroatoms. The molecule has 2 aliphatic heterocycles. The number of halogens is 1. The summed E-state index contributed by atoms with van der Waals surface area (Å²) in [5.41, 5.74) is 4.34. The Morgan fingerprint density at radius 2 is 1.79 bits per heavy atom. The Balaban J connectivity index is 1.53. The second-order valence-corrected chi connectivity index (χ2v) is 8.36. The zero-order valence-electron chi connectivity index (χ0n) is 16.3. The van der Waals surface area contributed by atoms with Gasteiger partial charge in [0.15, 0.2) is 0 Å². The Labute approximate surface area is 165 Å². The van der Waals surface area contributed by atoms with Crippen LogP contribution in [0.3, 0.4) is 0 Å².